The van der Waals surface area contributed by atoms with Gasteiger partial charge in [-0.1, -0.05) is 30.3 Å². The van der Waals surface area contributed by atoms with E-state index in [1.54, 1.807) is 6.26 Å². The Morgan fingerprint density at radius 3 is 2.94 bits per heavy atom. The highest BCUT2D eigenvalue weighted by Crippen LogP contribution is 2.26. The highest BCUT2D eigenvalue weighted by Gasteiger charge is 2.21. The molecular formula is C14H15NO. The number of rotatable bonds is 2. The van der Waals surface area contributed by atoms with Gasteiger partial charge in [0.2, 0.25) is 0 Å². The zero-order chi connectivity index (χ0) is 10.8. The van der Waals surface area contributed by atoms with Gasteiger partial charge in [0.25, 0.3) is 0 Å². The summed E-state index contributed by atoms with van der Waals surface area (Å²) in [5.74, 6) is 1.15. The zero-order valence-electron chi connectivity index (χ0n) is 9.15. The average molecular weight is 213 g/mol. The van der Waals surface area contributed by atoms with Crippen molar-refractivity contribution in [3.8, 4) is 0 Å². The van der Waals surface area contributed by atoms with Crippen molar-refractivity contribution in [2.75, 3.05) is 6.54 Å². The molecule has 1 atom stereocenters. The number of benzene rings is 1. The zero-order valence-corrected chi connectivity index (χ0v) is 9.15. The smallest absolute Gasteiger partial charge is 0.109 e. The molecule has 1 unspecified atom stereocenters. The van der Waals surface area contributed by atoms with Crippen LogP contribution in [-0.4, -0.2) is 6.54 Å². The molecule has 0 fully saturated rings. The molecular weight excluding hydrogens is 198 g/mol. The van der Waals surface area contributed by atoms with Gasteiger partial charge in [-0.2, -0.15) is 0 Å². The molecule has 2 heteroatoms. The van der Waals surface area contributed by atoms with Crippen LogP contribution in [0.15, 0.2) is 47.1 Å². The molecule has 0 saturated carbocycles. The van der Waals surface area contributed by atoms with E-state index in [-0.39, 0.29) is 0 Å². The van der Waals surface area contributed by atoms with Gasteiger partial charge in [-0.15, -0.1) is 0 Å². The van der Waals surface area contributed by atoms with Crippen LogP contribution in [0.1, 0.15) is 22.9 Å². The quantitative estimate of drug-likeness (QED) is 0.829. The molecule has 2 heterocycles. The van der Waals surface area contributed by atoms with Crippen LogP contribution in [0.2, 0.25) is 0 Å². The fourth-order valence-electron chi connectivity index (χ4n) is 2.37. The van der Waals surface area contributed by atoms with Gasteiger partial charge in [0, 0.05) is 24.6 Å². The topological polar surface area (TPSA) is 25.2 Å². The van der Waals surface area contributed by atoms with Crippen molar-refractivity contribution in [2.45, 2.75) is 18.9 Å². The minimum Gasteiger partial charge on any atom is -0.469 e. The molecule has 0 radical (unpaired) electrons. The first-order chi connectivity index (χ1) is 7.93. The molecule has 3 rings (SSSR count). The van der Waals surface area contributed by atoms with Crippen LogP contribution < -0.4 is 5.32 Å². The molecule has 0 saturated heterocycles. The van der Waals surface area contributed by atoms with E-state index in [2.05, 4.69) is 41.7 Å². The molecule has 2 nitrogen and oxygen atoms in total. The normalized spacial score (nSPS) is 19.4. The Balaban J connectivity index is 1.83. The first-order valence-electron chi connectivity index (χ1n) is 5.77. The standard InChI is InChI=1S/C14H15NO/c1-2-4-11(5-3-1)10-13-12-7-9-16-14(12)6-8-15-13/h1-5,7,9,13,15H,6,8,10H2. The van der Waals surface area contributed by atoms with Crippen molar-refractivity contribution >= 4 is 0 Å². The number of fused-ring (bicyclic) bond motifs is 1. The molecule has 0 bridgehead atoms. The lowest BCUT2D eigenvalue weighted by Gasteiger charge is -2.23. The molecule has 0 spiro atoms. The van der Waals surface area contributed by atoms with Gasteiger partial charge in [0.15, 0.2) is 0 Å². The maximum absolute atomic E-state index is 5.48. The SMILES string of the molecule is c1ccc(CC2NCCc3occc32)cc1. The van der Waals surface area contributed by atoms with Crippen LogP contribution in [0.4, 0.5) is 0 Å². The number of furan rings is 1. The molecule has 16 heavy (non-hydrogen) atoms. The Morgan fingerprint density at radius 2 is 2.06 bits per heavy atom. The van der Waals surface area contributed by atoms with Gasteiger partial charge in [-0.25, -0.2) is 0 Å². The summed E-state index contributed by atoms with van der Waals surface area (Å²) in [6.45, 7) is 1.01. The largest absolute Gasteiger partial charge is 0.469 e. The van der Waals surface area contributed by atoms with Crippen LogP contribution in [-0.2, 0) is 12.8 Å². The van der Waals surface area contributed by atoms with Crippen molar-refractivity contribution in [3.05, 3.63) is 59.5 Å². The van der Waals surface area contributed by atoms with E-state index in [0.29, 0.717) is 6.04 Å². The summed E-state index contributed by atoms with van der Waals surface area (Å²) in [5.41, 5.74) is 2.70. The maximum atomic E-state index is 5.48. The molecule has 1 aromatic carbocycles. The van der Waals surface area contributed by atoms with Crippen LogP contribution in [0.5, 0.6) is 0 Å². The maximum Gasteiger partial charge on any atom is 0.109 e. The van der Waals surface area contributed by atoms with Gasteiger partial charge in [-0.05, 0) is 18.1 Å². The minimum atomic E-state index is 0.407. The van der Waals surface area contributed by atoms with Crippen molar-refractivity contribution in [1.29, 1.82) is 0 Å². The predicted octanol–water partition coefficient (Wildman–Crippen LogP) is 2.71. The summed E-state index contributed by atoms with van der Waals surface area (Å²) >= 11 is 0. The van der Waals surface area contributed by atoms with Crippen molar-refractivity contribution in [2.24, 2.45) is 0 Å². The van der Waals surface area contributed by atoms with E-state index in [9.17, 15) is 0 Å². The first kappa shape index (κ1) is 9.67. The Kier molecular flexibility index (Phi) is 2.50. The van der Waals surface area contributed by atoms with Gasteiger partial charge >= 0.3 is 0 Å². The molecule has 1 N–H and O–H groups in total. The monoisotopic (exact) mass is 213 g/mol. The Morgan fingerprint density at radius 1 is 1.19 bits per heavy atom. The fourth-order valence-corrected chi connectivity index (χ4v) is 2.37. The van der Waals surface area contributed by atoms with Crippen molar-refractivity contribution in [1.82, 2.24) is 5.32 Å². The third kappa shape index (κ3) is 1.76. The number of hydrogen-bond acceptors (Lipinski definition) is 2. The molecule has 2 aromatic rings. The lowest BCUT2D eigenvalue weighted by atomic mass is 9.95. The highest BCUT2D eigenvalue weighted by molar-refractivity contribution is 5.27. The fraction of sp³-hybridized carbons (Fsp3) is 0.286. The molecule has 82 valence electrons. The van der Waals surface area contributed by atoms with Crippen molar-refractivity contribution in [3.63, 3.8) is 0 Å². The Hall–Kier alpha value is -1.54. The minimum absolute atomic E-state index is 0.407. The summed E-state index contributed by atoms with van der Waals surface area (Å²) in [4.78, 5) is 0. The van der Waals surface area contributed by atoms with E-state index in [1.165, 1.54) is 11.1 Å². The molecule has 1 aliphatic heterocycles. The molecule has 1 aromatic heterocycles. The van der Waals surface area contributed by atoms with Gasteiger partial charge < -0.3 is 9.73 Å². The van der Waals surface area contributed by atoms with E-state index in [1.807, 2.05) is 0 Å². The van der Waals surface area contributed by atoms with E-state index in [4.69, 9.17) is 4.42 Å². The van der Waals surface area contributed by atoms with E-state index < -0.39 is 0 Å². The Labute approximate surface area is 95.3 Å². The van der Waals surface area contributed by atoms with E-state index >= 15 is 0 Å². The van der Waals surface area contributed by atoms with Gasteiger partial charge in [0.1, 0.15) is 5.76 Å². The molecule has 1 aliphatic rings. The average Bonchev–Trinajstić information content (AvgIpc) is 2.80. The molecule has 0 aliphatic carbocycles. The lowest BCUT2D eigenvalue weighted by molar-refractivity contribution is 0.432. The van der Waals surface area contributed by atoms with Gasteiger partial charge in [-0.3, -0.25) is 0 Å². The Bertz CT molecular complexity index is 461. The predicted molar refractivity (Wildman–Crippen MR) is 63.3 cm³/mol. The lowest BCUT2D eigenvalue weighted by Crippen LogP contribution is -2.30. The van der Waals surface area contributed by atoms with Crippen LogP contribution in [0.3, 0.4) is 0 Å². The first-order valence-corrected chi connectivity index (χ1v) is 5.77. The summed E-state index contributed by atoms with van der Waals surface area (Å²) in [6.07, 6.45) is 3.84. The van der Waals surface area contributed by atoms with E-state index in [0.717, 1.165) is 25.1 Å². The number of nitrogens with one attached hydrogen (secondary N) is 1. The summed E-state index contributed by atoms with van der Waals surface area (Å²) in [7, 11) is 0. The summed E-state index contributed by atoms with van der Waals surface area (Å²) in [6, 6.07) is 13.1. The molecule has 0 amide bonds. The van der Waals surface area contributed by atoms with Crippen LogP contribution in [0.25, 0.3) is 0 Å². The second-order valence-corrected chi connectivity index (χ2v) is 4.25. The summed E-state index contributed by atoms with van der Waals surface area (Å²) in [5, 5.41) is 3.55. The number of hydrogen-bond donors (Lipinski definition) is 1. The second-order valence-electron chi connectivity index (χ2n) is 4.25. The van der Waals surface area contributed by atoms with Crippen molar-refractivity contribution < 1.29 is 4.42 Å². The third-order valence-corrected chi connectivity index (χ3v) is 3.18. The van der Waals surface area contributed by atoms with Gasteiger partial charge in [0.05, 0.1) is 6.26 Å². The second kappa shape index (κ2) is 4.14. The third-order valence-electron chi connectivity index (χ3n) is 3.18. The highest BCUT2D eigenvalue weighted by atomic mass is 16.3. The van der Waals surface area contributed by atoms with Crippen LogP contribution in [0, 0.1) is 0 Å². The summed E-state index contributed by atoms with van der Waals surface area (Å²) < 4.78 is 5.48. The van der Waals surface area contributed by atoms with Crippen LogP contribution >= 0.6 is 0 Å².